The zero-order valence-electron chi connectivity index (χ0n) is 11.1. The van der Waals surface area contributed by atoms with Gasteiger partial charge in [0.15, 0.2) is 0 Å². The lowest BCUT2D eigenvalue weighted by atomic mass is 10.2. The summed E-state index contributed by atoms with van der Waals surface area (Å²) in [6, 6.07) is -0.603. The molecule has 0 aromatic carbocycles. The van der Waals surface area contributed by atoms with Crippen LogP contribution in [0.5, 0.6) is 0 Å². The van der Waals surface area contributed by atoms with E-state index in [1.54, 1.807) is 6.92 Å². The Bertz CT molecular complexity index is 248. The third-order valence-corrected chi connectivity index (χ3v) is 3.11. The molecule has 1 atom stereocenters. The van der Waals surface area contributed by atoms with E-state index >= 15 is 0 Å². The summed E-state index contributed by atoms with van der Waals surface area (Å²) in [5.41, 5.74) is 5.61. The van der Waals surface area contributed by atoms with Crippen molar-refractivity contribution >= 4 is 23.7 Å². The molecule has 0 aliphatic heterocycles. The highest BCUT2D eigenvalue weighted by Crippen LogP contribution is 2.06. The summed E-state index contributed by atoms with van der Waals surface area (Å²) >= 11 is 1.42. The van der Waals surface area contributed by atoms with Crippen molar-refractivity contribution in [2.45, 2.75) is 39.2 Å². The van der Waals surface area contributed by atoms with Crippen molar-refractivity contribution < 1.29 is 19.1 Å². The Kier molecular flexibility index (Phi) is 10.9. The summed E-state index contributed by atoms with van der Waals surface area (Å²) in [5, 5.41) is 0. The first-order valence-electron chi connectivity index (χ1n) is 6.27. The van der Waals surface area contributed by atoms with Crippen molar-refractivity contribution in [2.75, 3.05) is 24.7 Å². The maximum atomic E-state index is 11.2. The van der Waals surface area contributed by atoms with Crippen molar-refractivity contribution in [3.05, 3.63) is 0 Å². The fraction of sp³-hybridized carbons (Fsp3) is 0.833. The van der Waals surface area contributed by atoms with E-state index < -0.39 is 6.04 Å². The summed E-state index contributed by atoms with van der Waals surface area (Å²) in [4.78, 5) is 22.4. The molecule has 0 aromatic heterocycles. The molecule has 0 saturated heterocycles. The van der Waals surface area contributed by atoms with Crippen molar-refractivity contribution in [1.82, 2.24) is 0 Å². The molecular weight excluding hydrogens is 254 g/mol. The number of thioether (sulfide) groups is 1. The summed E-state index contributed by atoms with van der Waals surface area (Å²) in [6.45, 7) is 4.60. The summed E-state index contributed by atoms with van der Waals surface area (Å²) in [5.74, 6) is 0.351. The van der Waals surface area contributed by atoms with Crippen LogP contribution in [0.25, 0.3) is 0 Å². The van der Waals surface area contributed by atoms with Crippen LogP contribution >= 0.6 is 11.8 Å². The van der Waals surface area contributed by atoms with Crippen LogP contribution in [0.1, 0.15) is 33.1 Å². The first-order valence-corrected chi connectivity index (χ1v) is 7.42. The highest BCUT2D eigenvalue weighted by Gasteiger charge is 2.14. The highest BCUT2D eigenvalue weighted by molar-refractivity contribution is 7.99. The van der Waals surface area contributed by atoms with Gasteiger partial charge in [0.1, 0.15) is 6.04 Å². The van der Waals surface area contributed by atoms with E-state index in [0.717, 1.165) is 12.8 Å². The normalized spacial score (nSPS) is 11.9. The number of hydrogen-bond acceptors (Lipinski definition) is 6. The molecule has 0 heterocycles. The van der Waals surface area contributed by atoms with Gasteiger partial charge in [0.25, 0.3) is 0 Å². The van der Waals surface area contributed by atoms with Crippen molar-refractivity contribution in [3.8, 4) is 0 Å². The van der Waals surface area contributed by atoms with Gasteiger partial charge in [-0.3, -0.25) is 9.59 Å². The molecule has 0 aliphatic carbocycles. The van der Waals surface area contributed by atoms with Gasteiger partial charge in [-0.2, -0.15) is 11.8 Å². The predicted octanol–water partition coefficient (Wildman–Crippen LogP) is 1.34. The van der Waals surface area contributed by atoms with Crippen LogP contribution in [0.4, 0.5) is 0 Å². The van der Waals surface area contributed by atoms with E-state index in [1.807, 2.05) is 6.92 Å². The molecule has 0 spiro atoms. The lowest BCUT2D eigenvalue weighted by Gasteiger charge is -2.09. The maximum absolute atomic E-state index is 11.2. The average Bonchev–Trinajstić information content (AvgIpc) is 2.35. The molecule has 0 amide bonds. The van der Waals surface area contributed by atoms with Crippen molar-refractivity contribution in [3.63, 3.8) is 0 Å². The van der Waals surface area contributed by atoms with E-state index in [2.05, 4.69) is 0 Å². The van der Waals surface area contributed by atoms with E-state index in [4.69, 9.17) is 15.2 Å². The van der Waals surface area contributed by atoms with Gasteiger partial charge >= 0.3 is 11.9 Å². The molecular formula is C12H23NO4S. The number of ether oxygens (including phenoxy) is 2. The van der Waals surface area contributed by atoms with Gasteiger partial charge in [-0.05, 0) is 25.5 Å². The number of carbonyl (C=O) groups excluding carboxylic acids is 2. The Morgan fingerprint density at radius 1 is 1.28 bits per heavy atom. The van der Waals surface area contributed by atoms with Crippen molar-refractivity contribution in [2.24, 2.45) is 5.73 Å². The van der Waals surface area contributed by atoms with Crippen LogP contribution < -0.4 is 5.73 Å². The average molecular weight is 277 g/mol. The van der Waals surface area contributed by atoms with Crippen LogP contribution in [-0.4, -0.2) is 42.7 Å². The lowest BCUT2D eigenvalue weighted by molar-refractivity contribution is -0.144. The van der Waals surface area contributed by atoms with Gasteiger partial charge in [-0.15, -0.1) is 0 Å². The number of nitrogens with two attached hydrogens (primary N) is 1. The number of hydrogen-bond donors (Lipinski definition) is 1. The molecule has 0 rings (SSSR count). The zero-order chi connectivity index (χ0) is 13.8. The number of rotatable bonds is 10. The van der Waals surface area contributed by atoms with Gasteiger partial charge < -0.3 is 15.2 Å². The van der Waals surface area contributed by atoms with Crippen molar-refractivity contribution in [1.29, 1.82) is 0 Å². The fourth-order valence-electron chi connectivity index (χ4n) is 1.10. The second kappa shape index (κ2) is 11.3. The topological polar surface area (TPSA) is 78.6 Å². The van der Waals surface area contributed by atoms with Crippen LogP contribution in [0.15, 0.2) is 0 Å². The van der Waals surface area contributed by atoms with Crippen LogP contribution in [-0.2, 0) is 19.1 Å². The predicted molar refractivity (Wildman–Crippen MR) is 72.4 cm³/mol. The minimum atomic E-state index is -0.603. The molecule has 5 nitrogen and oxygen atoms in total. The van der Waals surface area contributed by atoms with Gasteiger partial charge in [0, 0.05) is 0 Å². The molecule has 0 bridgehead atoms. The third kappa shape index (κ3) is 9.30. The third-order valence-electron chi connectivity index (χ3n) is 2.14. The Labute approximate surface area is 113 Å². The van der Waals surface area contributed by atoms with E-state index in [9.17, 15) is 9.59 Å². The molecule has 18 heavy (non-hydrogen) atoms. The molecule has 106 valence electrons. The monoisotopic (exact) mass is 277 g/mol. The number of unbranched alkanes of at least 4 members (excludes halogenated alkanes) is 1. The largest absolute Gasteiger partial charge is 0.465 e. The fourth-order valence-corrected chi connectivity index (χ4v) is 1.92. The summed E-state index contributed by atoms with van der Waals surface area (Å²) < 4.78 is 9.78. The van der Waals surface area contributed by atoms with Gasteiger partial charge in [-0.25, -0.2) is 0 Å². The molecule has 1 unspecified atom stereocenters. The van der Waals surface area contributed by atoms with E-state index in [-0.39, 0.29) is 11.9 Å². The van der Waals surface area contributed by atoms with Crippen LogP contribution in [0, 0.1) is 0 Å². The molecule has 6 heteroatoms. The van der Waals surface area contributed by atoms with Gasteiger partial charge in [0.2, 0.25) is 0 Å². The zero-order valence-corrected chi connectivity index (χ0v) is 12.0. The second-order valence-electron chi connectivity index (χ2n) is 3.77. The first-order chi connectivity index (χ1) is 8.61. The SMILES string of the molecule is CCCCOC(=O)CSCCC(N)C(=O)OCC. The highest BCUT2D eigenvalue weighted by atomic mass is 32.2. The Morgan fingerprint density at radius 3 is 2.61 bits per heavy atom. The quantitative estimate of drug-likeness (QED) is 0.479. The smallest absolute Gasteiger partial charge is 0.322 e. The molecule has 0 aromatic rings. The van der Waals surface area contributed by atoms with Crippen LogP contribution in [0.3, 0.4) is 0 Å². The second-order valence-corrected chi connectivity index (χ2v) is 4.88. The Hall–Kier alpha value is -0.750. The maximum Gasteiger partial charge on any atom is 0.322 e. The first kappa shape index (κ1) is 17.2. The Balaban J connectivity index is 3.49. The minimum absolute atomic E-state index is 0.210. The number of esters is 2. The summed E-state index contributed by atoms with van der Waals surface area (Å²) in [7, 11) is 0. The van der Waals surface area contributed by atoms with Gasteiger partial charge in [0.05, 0.1) is 19.0 Å². The molecule has 2 N–H and O–H groups in total. The molecule has 0 fully saturated rings. The summed E-state index contributed by atoms with van der Waals surface area (Å²) in [6.07, 6.45) is 2.41. The number of carbonyl (C=O) groups is 2. The molecule has 0 radical (unpaired) electrons. The van der Waals surface area contributed by atoms with E-state index in [1.165, 1.54) is 11.8 Å². The standard InChI is InChI=1S/C12H23NO4S/c1-3-5-7-17-11(14)9-18-8-6-10(13)12(15)16-4-2/h10H,3-9,13H2,1-2H3. The lowest BCUT2D eigenvalue weighted by Crippen LogP contribution is -2.32. The van der Waals surface area contributed by atoms with Gasteiger partial charge in [-0.1, -0.05) is 13.3 Å². The molecule has 0 saturated carbocycles. The van der Waals surface area contributed by atoms with E-state index in [0.29, 0.717) is 31.1 Å². The molecule has 0 aliphatic rings. The Morgan fingerprint density at radius 2 is 2.00 bits per heavy atom. The minimum Gasteiger partial charge on any atom is -0.465 e. The van der Waals surface area contributed by atoms with Crippen LogP contribution in [0.2, 0.25) is 0 Å².